The SMILES string of the molecule is CCc1cc(-c2nnc(C(O)NCC(F)(F)F)n2-c2ccc(CC3CCN(CC4CCN(C(=O)C[C@@H]5N=C(c6ccc(Cl)cc6)c6c(sc(C)c6C)-n6c(C)nnc65)CC4)CC3)cc2)c(O)cc1O. The second kappa shape index (κ2) is 20.0. The third kappa shape index (κ3) is 10.3. The number of halogens is 4. The molecule has 0 saturated carbocycles. The molecule has 0 radical (unpaired) electrons. The van der Waals surface area contributed by atoms with Crippen molar-refractivity contribution in [2.75, 3.05) is 39.3 Å². The maximum atomic E-state index is 14.1. The van der Waals surface area contributed by atoms with Gasteiger partial charge < -0.3 is 25.1 Å². The molecule has 2 saturated heterocycles. The standard InChI is InChI=1S/C50H56ClF3N10O4S/c1-5-34-23-38(41(66)25-40(34)65)45-58-60-47(48(68)55-27-50(52,53)54)64(45)37-12-6-31(7-13-37)22-32-14-18-61(19-15-32)26-33-16-20-62(21-17-33)42(67)24-39-46-59-57-30(4)63(46)49-43(28(2)29(3)69-49)44(56-39)35-8-10-36(51)11-9-35/h6-13,23,25,32-33,39,48,55,65-66,68H,5,14-22,24,26-27H2,1-4H3/t39-,48?/m0/s1. The Labute approximate surface area is 407 Å². The second-order valence-electron chi connectivity index (χ2n) is 18.5. The van der Waals surface area contributed by atoms with Crippen molar-refractivity contribution in [1.29, 1.82) is 0 Å². The number of phenolic OH excluding ortho intramolecular Hbond substituents is 2. The van der Waals surface area contributed by atoms with Crippen molar-refractivity contribution >= 4 is 34.6 Å². The van der Waals surface area contributed by atoms with Crippen molar-refractivity contribution in [1.82, 2.24) is 44.6 Å². The van der Waals surface area contributed by atoms with E-state index >= 15 is 0 Å². The average Bonchev–Trinajstić information content (AvgIpc) is 4.00. The summed E-state index contributed by atoms with van der Waals surface area (Å²) in [6.07, 6.45) is -0.969. The zero-order chi connectivity index (χ0) is 48.7. The van der Waals surface area contributed by atoms with E-state index in [1.807, 2.05) is 67.3 Å². The topological polar surface area (TPSA) is 170 Å². The number of nitrogens with zero attached hydrogens (tertiary/aromatic N) is 9. The molecule has 69 heavy (non-hydrogen) atoms. The molecular weight excluding hydrogens is 929 g/mol. The van der Waals surface area contributed by atoms with Gasteiger partial charge in [0.25, 0.3) is 0 Å². The highest BCUT2D eigenvalue weighted by molar-refractivity contribution is 7.15. The quantitative estimate of drug-likeness (QED) is 0.0821. The maximum Gasteiger partial charge on any atom is 0.401 e. The summed E-state index contributed by atoms with van der Waals surface area (Å²) in [5.41, 5.74) is 6.27. The fourth-order valence-electron chi connectivity index (χ4n) is 9.94. The van der Waals surface area contributed by atoms with Gasteiger partial charge in [-0.25, -0.2) is 0 Å². The van der Waals surface area contributed by atoms with Crippen molar-refractivity contribution in [3.63, 3.8) is 0 Å². The Kier molecular flexibility index (Phi) is 14.0. The lowest BCUT2D eigenvalue weighted by molar-refractivity contribution is -0.133. The van der Waals surface area contributed by atoms with E-state index in [0.717, 1.165) is 90.5 Å². The molecule has 4 N–H and O–H groups in total. The molecule has 3 aromatic heterocycles. The van der Waals surface area contributed by atoms with Crippen LogP contribution < -0.4 is 5.32 Å². The largest absolute Gasteiger partial charge is 0.508 e. The lowest BCUT2D eigenvalue weighted by atomic mass is 9.89. The van der Waals surface area contributed by atoms with Gasteiger partial charge in [0.2, 0.25) is 5.91 Å². The summed E-state index contributed by atoms with van der Waals surface area (Å²) in [5.74, 6) is 1.97. The van der Waals surface area contributed by atoms with E-state index in [9.17, 15) is 33.3 Å². The molecule has 2 atom stereocenters. The Morgan fingerprint density at radius 2 is 1.58 bits per heavy atom. The van der Waals surface area contributed by atoms with E-state index in [-0.39, 0.29) is 41.0 Å². The minimum Gasteiger partial charge on any atom is -0.508 e. The van der Waals surface area contributed by atoms with Gasteiger partial charge in [0.05, 0.1) is 24.2 Å². The highest BCUT2D eigenvalue weighted by Crippen LogP contribution is 2.41. The number of aromatic hydroxyl groups is 2. The van der Waals surface area contributed by atoms with Crippen molar-refractivity contribution < 1.29 is 33.3 Å². The number of thiophene rings is 1. The van der Waals surface area contributed by atoms with Crippen molar-refractivity contribution in [3.05, 3.63) is 116 Å². The van der Waals surface area contributed by atoms with Crippen LogP contribution in [0.4, 0.5) is 13.2 Å². The molecule has 3 aromatic carbocycles. The van der Waals surface area contributed by atoms with Gasteiger partial charge in [-0.15, -0.1) is 31.7 Å². The number of alkyl halides is 3. The molecule has 6 heterocycles. The molecule has 6 aromatic rings. The predicted octanol–water partition coefficient (Wildman–Crippen LogP) is 8.75. The number of hydrogen-bond acceptors (Lipinski definition) is 12. The molecule has 2 fully saturated rings. The van der Waals surface area contributed by atoms with Gasteiger partial charge in [-0.1, -0.05) is 42.8 Å². The number of nitrogens with one attached hydrogen (secondary N) is 1. The number of aliphatic hydroxyl groups excluding tert-OH is 1. The molecule has 9 rings (SSSR count). The number of benzene rings is 3. The molecule has 0 spiro atoms. The third-order valence-corrected chi connectivity index (χ3v) is 15.3. The number of piperidine rings is 2. The fraction of sp³-hybridized carbons (Fsp3) is 0.440. The van der Waals surface area contributed by atoms with Crippen LogP contribution in [-0.4, -0.2) is 112 Å². The molecule has 0 aliphatic carbocycles. The van der Waals surface area contributed by atoms with Crippen LogP contribution >= 0.6 is 22.9 Å². The summed E-state index contributed by atoms with van der Waals surface area (Å²) in [7, 11) is 0. The number of aliphatic hydroxyl groups is 1. The number of carbonyl (C=O) groups excluding carboxylic acids is 1. The van der Waals surface area contributed by atoms with Crippen LogP contribution in [0.15, 0.2) is 65.7 Å². The van der Waals surface area contributed by atoms with Crippen molar-refractivity contribution in [3.8, 4) is 33.6 Å². The normalized spacial score (nSPS) is 17.7. The zero-order valence-corrected chi connectivity index (χ0v) is 40.5. The van der Waals surface area contributed by atoms with Gasteiger partial charge in [0.1, 0.15) is 28.4 Å². The Hall–Kier alpha value is -5.66. The van der Waals surface area contributed by atoms with Gasteiger partial charge >= 0.3 is 6.18 Å². The molecule has 364 valence electrons. The van der Waals surface area contributed by atoms with E-state index in [2.05, 4.69) is 49.0 Å². The number of phenols is 2. The number of amides is 1. The molecule has 0 bridgehead atoms. The molecule has 3 aliphatic heterocycles. The van der Waals surface area contributed by atoms with Crippen LogP contribution in [0.3, 0.4) is 0 Å². The molecule has 19 heteroatoms. The number of likely N-dealkylation sites (tertiary alicyclic amines) is 2. The van der Waals surface area contributed by atoms with Crippen LogP contribution in [0, 0.1) is 32.6 Å². The monoisotopic (exact) mass is 984 g/mol. The van der Waals surface area contributed by atoms with Gasteiger partial charge in [0.15, 0.2) is 23.7 Å². The molecule has 1 unspecified atom stereocenters. The Balaban J connectivity index is 0.805. The lowest BCUT2D eigenvalue weighted by Crippen LogP contribution is -2.43. The first kappa shape index (κ1) is 48.4. The van der Waals surface area contributed by atoms with E-state index in [1.54, 1.807) is 17.4 Å². The van der Waals surface area contributed by atoms with Gasteiger partial charge in [-0.3, -0.25) is 24.2 Å². The number of hydrogen-bond donors (Lipinski definition) is 4. The average molecular weight is 986 g/mol. The zero-order valence-electron chi connectivity index (χ0n) is 39.0. The highest BCUT2D eigenvalue weighted by Gasteiger charge is 2.35. The van der Waals surface area contributed by atoms with Crippen molar-refractivity contribution in [2.24, 2.45) is 16.8 Å². The summed E-state index contributed by atoms with van der Waals surface area (Å²) in [5, 5.41) is 53.0. The first-order valence-electron chi connectivity index (χ1n) is 23.5. The smallest absolute Gasteiger partial charge is 0.401 e. The summed E-state index contributed by atoms with van der Waals surface area (Å²) in [4.78, 5) is 25.1. The first-order valence-corrected chi connectivity index (χ1v) is 24.7. The van der Waals surface area contributed by atoms with Crippen LogP contribution in [0.1, 0.15) is 101 Å². The van der Waals surface area contributed by atoms with Gasteiger partial charge in [-0.05, 0) is 131 Å². The predicted molar refractivity (Wildman–Crippen MR) is 259 cm³/mol. The van der Waals surface area contributed by atoms with Crippen molar-refractivity contribution in [2.45, 2.75) is 91.1 Å². The van der Waals surface area contributed by atoms with E-state index in [4.69, 9.17) is 16.6 Å². The Bertz CT molecular complexity index is 2850. The summed E-state index contributed by atoms with van der Waals surface area (Å²) >= 11 is 7.98. The van der Waals surface area contributed by atoms with Crippen LogP contribution in [-0.2, 0) is 17.6 Å². The highest BCUT2D eigenvalue weighted by atomic mass is 35.5. The molecule has 14 nitrogen and oxygen atoms in total. The number of aliphatic imine (C=N–C) groups is 1. The van der Waals surface area contributed by atoms with E-state index < -0.39 is 25.0 Å². The molecular formula is C50H56ClF3N10O4S. The van der Waals surface area contributed by atoms with E-state index in [0.29, 0.717) is 53.4 Å². The van der Waals surface area contributed by atoms with Crippen LogP contribution in [0.5, 0.6) is 11.5 Å². The van der Waals surface area contributed by atoms with Crippen LogP contribution in [0.25, 0.3) is 22.1 Å². The summed E-state index contributed by atoms with van der Waals surface area (Å²) in [6, 6.07) is 17.5. The van der Waals surface area contributed by atoms with Gasteiger partial charge in [-0.2, -0.15) is 13.2 Å². The number of carbonyl (C=O) groups is 1. The number of rotatable bonds is 13. The summed E-state index contributed by atoms with van der Waals surface area (Å²) < 4.78 is 42.8. The minimum absolute atomic E-state index is 0.0668. The number of fused-ring (bicyclic) bond motifs is 3. The first-order chi connectivity index (χ1) is 33.0. The van der Waals surface area contributed by atoms with Crippen LogP contribution in [0.2, 0.25) is 5.02 Å². The fourth-order valence-corrected chi connectivity index (χ4v) is 11.3. The number of aryl methyl sites for hydroxylation is 3. The van der Waals surface area contributed by atoms with Gasteiger partial charge in [0, 0.05) is 52.4 Å². The third-order valence-electron chi connectivity index (χ3n) is 13.9. The Morgan fingerprint density at radius 3 is 2.26 bits per heavy atom. The maximum absolute atomic E-state index is 14.1. The van der Waals surface area contributed by atoms with E-state index in [1.165, 1.54) is 15.5 Å². The lowest BCUT2D eigenvalue weighted by Gasteiger charge is -2.38. The minimum atomic E-state index is -4.57. The Morgan fingerprint density at radius 1 is 0.884 bits per heavy atom. The molecule has 1 amide bonds. The molecule has 3 aliphatic rings. The second-order valence-corrected chi connectivity index (χ2v) is 20.2. The number of aromatic nitrogens is 6. The summed E-state index contributed by atoms with van der Waals surface area (Å²) in [6.45, 7) is 10.9.